The van der Waals surface area contributed by atoms with Crippen molar-refractivity contribution in [1.82, 2.24) is 20.5 Å². The number of carboxylic acid groups (broad SMARTS) is 1. The second-order valence-corrected chi connectivity index (χ2v) is 10.4. The molecule has 0 saturated heterocycles. The van der Waals surface area contributed by atoms with Gasteiger partial charge in [-0.15, -0.1) is 0 Å². The van der Waals surface area contributed by atoms with Gasteiger partial charge in [-0.3, -0.25) is 19.2 Å². The van der Waals surface area contributed by atoms with Crippen LogP contribution in [0.1, 0.15) is 46.6 Å². The number of aromatic nitrogens is 1. The van der Waals surface area contributed by atoms with Crippen molar-refractivity contribution in [2.45, 2.75) is 43.9 Å². The van der Waals surface area contributed by atoms with Gasteiger partial charge in [0.05, 0.1) is 6.04 Å². The normalized spacial score (nSPS) is 19.5. The Morgan fingerprint density at radius 1 is 1.14 bits per heavy atom. The standard InChI is InChI=1S/C27H28N4O5S/c1-14(27(35)36)28-24(32)20(11-12-37-2)30-25(33)21-13-18-15-7-5-6-10-19(15)29-22(18)23-16-8-3-4-9-17(16)26(34)31(21)23/h3-10,14,20-21,23,29H,11-13H2,1-2H3,(H,28,32)(H,30,33)(H,35,36)/t14-,20+,21+,23-/m1/s1. The number of aliphatic carboxylic acids is 1. The lowest BCUT2D eigenvalue weighted by atomic mass is 9.89. The van der Waals surface area contributed by atoms with Crippen molar-refractivity contribution >= 4 is 46.4 Å². The topological polar surface area (TPSA) is 132 Å². The van der Waals surface area contributed by atoms with Gasteiger partial charge >= 0.3 is 5.97 Å². The van der Waals surface area contributed by atoms with Gasteiger partial charge in [0.2, 0.25) is 11.8 Å². The van der Waals surface area contributed by atoms with E-state index in [1.165, 1.54) is 18.7 Å². The van der Waals surface area contributed by atoms with Crippen LogP contribution in [-0.2, 0) is 20.8 Å². The number of fused-ring (bicyclic) bond motifs is 7. The fourth-order valence-electron chi connectivity index (χ4n) is 5.29. The number of carboxylic acids is 1. The van der Waals surface area contributed by atoms with E-state index >= 15 is 0 Å². The highest BCUT2D eigenvalue weighted by molar-refractivity contribution is 7.98. The summed E-state index contributed by atoms with van der Waals surface area (Å²) in [7, 11) is 0. The Bertz CT molecular complexity index is 1400. The molecule has 0 saturated carbocycles. The quantitative estimate of drug-likeness (QED) is 0.361. The highest BCUT2D eigenvalue weighted by atomic mass is 32.2. The minimum atomic E-state index is -1.16. The van der Waals surface area contributed by atoms with Crippen molar-refractivity contribution in [3.63, 3.8) is 0 Å². The average Bonchev–Trinajstić information content (AvgIpc) is 3.41. The van der Waals surface area contributed by atoms with Crippen molar-refractivity contribution < 1.29 is 24.3 Å². The summed E-state index contributed by atoms with van der Waals surface area (Å²) in [6, 6.07) is 11.9. The van der Waals surface area contributed by atoms with Crippen LogP contribution in [0.2, 0.25) is 0 Å². The molecule has 1 aromatic heterocycles. The summed E-state index contributed by atoms with van der Waals surface area (Å²) < 4.78 is 0. The number of hydrogen-bond donors (Lipinski definition) is 4. The molecule has 2 aliphatic rings. The number of hydrogen-bond acceptors (Lipinski definition) is 5. The molecule has 0 bridgehead atoms. The summed E-state index contributed by atoms with van der Waals surface area (Å²) in [6.45, 7) is 1.37. The molecule has 9 nitrogen and oxygen atoms in total. The molecular weight excluding hydrogens is 492 g/mol. The largest absolute Gasteiger partial charge is 0.480 e. The molecule has 5 rings (SSSR count). The maximum Gasteiger partial charge on any atom is 0.325 e. The fraction of sp³-hybridized carbons (Fsp3) is 0.333. The van der Waals surface area contributed by atoms with E-state index in [1.54, 1.807) is 11.0 Å². The molecule has 3 heterocycles. The smallest absolute Gasteiger partial charge is 0.325 e. The second-order valence-electron chi connectivity index (χ2n) is 9.40. The molecule has 4 atom stereocenters. The Labute approximate surface area is 218 Å². The third kappa shape index (κ3) is 4.35. The number of para-hydroxylation sites is 1. The molecule has 192 valence electrons. The summed E-state index contributed by atoms with van der Waals surface area (Å²) in [5.41, 5.74) is 4.21. The van der Waals surface area contributed by atoms with Crippen molar-refractivity contribution in [2.75, 3.05) is 12.0 Å². The second kappa shape index (κ2) is 9.93. The summed E-state index contributed by atoms with van der Waals surface area (Å²) in [5, 5.41) is 15.5. The van der Waals surface area contributed by atoms with Crippen LogP contribution in [0.3, 0.4) is 0 Å². The number of nitrogens with one attached hydrogen (secondary N) is 3. The van der Waals surface area contributed by atoms with Gasteiger partial charge in [0.25, 0.3) is 5.91 Å². The van der Waals surface area contributed by atoms with E-state index in [0.717, 1.165) is 27.7 Å². The number of carbonyl (C=O) groups excluding carboxylic acids is 3. The lowest BCUT2D eigenvalue weighted by Gasteiger charge is -2.37. The van der Waals surface area contributed by atoms with Crippen molar-refractivity contribution in [3.05, 3.63) is 70.9 Å². The minimum absolute atomic E-state index is 0.227. The zero-order valence-corrected chi connectivity index (χ0v) is 21.3. The Morgan fingerprint density at radius 3 is 2.62 bits per heavy atom. The zero-order valence-electron chi connectivity index (χ0n) is 20.5. The molecule has 10 heteroatoms. The van der Waals surface area contributed by atoms with E-state index in [4.69, 9.17) is 0 Å². The number of H-pyrrole nitrogens is 1. The van der Waals surface area contributed by atoms with E-state index in [2.05, 4.69) is 15.6 Å². The first-order chi connectivity index (χ1) is 17.8. The van der Waals surface area contributed by atoms with Crippen LogP contribution < -0.4 is 10.6 Å². The highest BCUT2D eigenvalue weighted by Gasteiger charge is 2.49. The Morgan fingerprint density at radius 2 is 1.86 bits per heavy atom. The molecule has 2 aliphatic heterocycles. The Kier molecular flexibility index (Phi) is 6.68. The van der Waals surface area contributed by atoms with E-state index in [0.29, 0.717) is 24.2 Å². The van der Waals surface area contributed by atoms with Gasteiger partial charge < -0.3 is 25.6 Å². The summed E-state index contributed by atoms with van der Waals surface area (Å²) >= 11 is 1.52. The molecule has 37 heavy (non-hydrogen) atoms. The molecule has 0 aliphatic carbocycles. The lowest BCUT2D eigenvalue weighted by Crippen LogP contribution is -2.57. The van der Waals surface area contributed by atoms with E-state index in [-0.39, 0.29) is 5.91 Å². The Balaban J connectivity index is 1.50. The summed E-state index contributed by atoms with van der Waals surface area (Å²) in [4.78, 5) is 56.6. The van der Waals surface area contributed by atoms with Gasteiger partial charge in [-0.05, 0) is 48.6 Å². The number of nitrogens with zero attached hydrogens (tertiary/aromatic N) is 1. The first-order valence-corrected chi connectivity index (χ1v) is 13.5. The van der Waals surface area contributed by atoms with E-state index in [1.807, 2.05) is 48.7 Å². The monoisotopic (exact) mass is 520 g/mol. The van der Waals surface area contributed by atoms with E-state index < -0.39 is 42.0 Å². The molecule has 0 unspecified atom stereocenters. The minimum Gasteiger partial charge on any atom is -0.480 e. The molecule has 0 fully saturated rings. The number of carbonyl (C=O) groups is 4. The maximum atomic E-state index is 13.8. The lowest BCUT2D eigenvalue weighted by molar-refractivity contribution is -0.141. The van der Waals surface area contributed by atoms with Crippen LogP contribution in [-0.4, -0.2) is 68.8 Å². The average molecular weight is 521 g/mol. The number of aromatic amines is 1. The van der Waals surface area contributed by atoms with Crippen LogP contribution in [0.5, 0.6) is 0 Å². The first-order valence-electron chi connectivity index (χ1n) is 12.1. The van der Waals surface area contributed by atoms with Gasteiger partial charge in [0, 0.05) is 28.6 Å². The molecule has 0 spiro atoms. The number of rotatable bonds is 8. The van der Waals surface area contributed by atoms with Crippen molar-refractivity contribution in [2.24, 2.45) is 0 Å². The van der Waals surface area contributed by atoms with Crippen LogP contribution in [0, 0.1) is 0 Å². The molecule has 0 radical (unpaired) electrons. The molecule has 4 N–H and O–H groups in total. The zero-order chi connectivity index (χ0) is 26.3. The fourth-order valence-corrected chi connectivity index (χ4v) is 5.76. The SMILES string of the molecule is CSCC[C@H](NC(=O)[C@@H]1Cc2c([nH]c3ccccc23)[C@H]2c3ccccc3C(=O)N21)C(=O)N[C@H](C)C(=O)O. The summed E-state index contributed by atoms with van der Waals surface area (Å²) in [5.74, 6) is -1.80. The van der Waals surface area contributed by atoms with Crippen LogP contribution in [0.4, 0.5) is 0 Å². The van der Waals surface area contributed by atoms with Gasteiger partial charge in [-0.1, -0.05) is 36.4 Å². The third-order valence-corrected chi connectivity index (χ3v) is 7.77. The first kappa shape index (κ1) is 24.9. The van der Waals surface area contributed by atoms with Crippen molar-refractivity contribution in [3.8, 4) is 0 Å². The van der Waals surface area contributed by atoms with Gasteiger partial charge in [0.1, 0.15) is 18.1 Å². The van der Waals surface area contributed by atoms with Gasteiger partial charge in [-0.2, -0.15) is 11.8 Å². The van der Waals surface area contributed by atoms with Crippen molar-refractivity contribution in [1.29, 1.82) is 0 Å². The molecular formula is C27H28N4O5S. The van der Waals surface area contributed by atoms with E-state index in [9.17, 15) is 24.3 Å². The van der Waals surface area contributed by atoms with Crippen LogP contribution in [0.25, 0.3) is 10.9 Å². The maximum absolute atomic E-state index is 13.8. The predicted octanol–water partition coefficient (Wildman–Crippen LogP) is 2.46. The van der Waals surface area contributed by atoms with Gasteiger partial charge in [0.15, 0.2) is 0 Å². The van der Waals surface area contributed by atoms with Gasteiger partial charge in [-0.25, -0.2) is 0 Å². The number of amides is 3. The Hall–Kier alpha value is -3.79. The number of thioether (sulfide) groups is 1. The van der Waals surface area contributed by atoms with Crippen LogP contribution >= 0.6 is 11.8 Å². The number of benzene rings is 2. The highest BCUT2D eigenvalue weighted by Crippen LogP contribution is 2.46. The van der Waals surface area contributed by atoms with Crippen LogP contribution in [0.15, 0.2) is 48.5 Å². The molecule has 2 aromatic carbocycles. The summed E-state index contributed by atoms with van der Waals surface area (Å²) in [6.07, 6.45) is 2.51. The predicted molar refractivity (Wildman–Crippen MR) is 140 cm³/mol. The molecule has 3 aromatic rings. The molecule has 3 amide bonds. The third-order valence-electron chi connectivity index (χ3n) is 7.13.